The Kier molecular flexibility index (Phi) is 7.19. The maximum absolute atomic E-state index is 12.1. The van der Waals surface area contributed by atoms with Gasteiger partial charge in [0, 0.05) is 24.5 Å². The van der Waals surface area contributed by atoms with Crippen LogP contribution in [0.2, 0.25) is 0 Å². The molecule has 5 nitrogen and oxygen atoms in total. The molecule has 118 valence electrons. The smallest absolute Gasteiger partial charge is 0.238 e. The van der Waals surface area contributed by atoms with Crippen LogP contribution in [0.15, 0.2) is 18.2 Å². The summed E-state index contributed by atoms with van der Waals surface area (Å²) >= 11 is 0. The van der Waals surface area contributed by atoms with Crippen LogP contribution in [0.4, 0.5) is 11.4 Å². The van der Waals surface area contributed by atoms with Crippen LogP contribution in [-0.4, -0.2) is 56.0 Å². The molecule has 1 rings (SSSR count). The largest absolute Gasteiger partial charge is 0.398 e. The molecule has 0 saturated heterocycles. The van der Waals surface area contributed by atoms with Crippen molar-refractivity contribution in [2.45, 2.75) is 20.3 Å². The average Bonchev–Trinajstić information content (AvgIpc) is 2.40. The van der Waals surface area contributed by atoms with Gasteiger partial charge in [-0.2, -0.15) is 0 Å². The number of amides is 1. The van der Waals surface area contributed by atoms with E-state index in [0.717, 1.165) is 37.3 Å². The highest BCUT2D eigenvalue weighted by molar-refractivity contribution is 5.92. The van der Waals surface area contributed by atoms with E-state index >= 15 is 0 Å². The van der Waals surface area contributed by atoms with Crippen molar-refractivity contribution in [1.29, 1.82) is 0 Å². The number of hydrogen-bond donors (Lipinski definition) is 2. The van der Waals surface area contributed by atoms with E-state index in [0.29, 0.717) is 12.2 Å². The molecule has 0 aliphatic heterocycles. The van der Waals surface area contributed by atoms with Crippen LogP contribution in [0.5, 0.6) is 0 Å². The van der Waals surface area contributed by atoms with Gasteiger partial charge in [0.05, 0.1) is 6.54 Å². The van der Waals surface area contributed by atoms with Crippen LogP contribution in [0, 0.1) is 6.92 Å². The molecule has 1 aromatic carbocycles. The van der Waals surface area contributed by atoms with Gasteiger partial charge < -0.3 is 16.0 Å². The number of carbonyl (C=O) groups excluding carboxylic acids is 1. The number of nitrogens with one attached hydrogen (secondary N) is 1. The predicted molar refractivity (Wildman–Crippen MR) is 89.5 cm³/mol. The minimum atomic E-state index is 0.00505. The summed E-state index contributed by atoms with van der Waals surface area (Å²) in [5.74, 6) is 0.00505. The molecule has 0 heterocycles. The summed E-state index contributed by atoms with van der Waals surface area (Å²) in [4.78, 5) is 16.4. The highest BCUT2D eigenvalue weighted by Crippen LogP contribution is 2.16. The first-order valence-corrected chi connectivity index (χ1v) is 7.45. The number of benzene rings is 1. The fraction of sp³-hybridized carbons (Fsp3) is 0.562. The van der Waals surface area contributed by atoms with Crippen molar-refractivity contribution < 1.29 is 4.79 Å². The number of nitrogens with two attached hydrogens (primary N) is 1. The molecule has 0 unspecified atom stereocenters. The van der Waals surface area contributed by atoms with Crippen molar-refractivity contribution in [2.75, 3.05) is 51.3 Å². The van der Waals surface area contributed by atoms with Gasteiger partial charge in [0.15, 0.2) is 0 Å². The van der Waals surface area contributed by atoms with E-state index in [1.807, 2.05) is 33.2 Å². The fourth-order valence-corrected chi connectivity index (χ4v) is 2.05. The van der Waals surface area contributed by atoms with Crippen LogP contribution in [0.25, 0.3) is 0 Å². The SMILES string of the molecule is CCCN(CCN(C)C)CC(=O)Nc1ccc(C)c(N)c1. The zero-order chi connectivity index (χ0) is 15.8. The molecule has 0 spiro atoms. The molecule has 0 bridgehead atoms. The molecule has 5 heteroatoms. The highest BCUT2D eigenvalue weighted by Gasteiger charge is 2.10. The quantitative estimate of drug-likeness (QED) is 0.717. The molecule has 0 aliphatic rings. The van der Waals surface area contributed by atoms with Crippen molar-refractivity contribution in [2.24, 2.45) is 0 Å². The number of hydrogen-bond acceptors (Lipinski definition) is 4. The standard InChI is InChI=1S/C16H28N4O/c1-5-8-20(10-9-19(3)4)12-16(21)18-14-7-6-13(2)15(17)11-14/h6-7,11H,5,8-10,12,17H2,1-4H3,(H,18,21). The summed E-state index contributed by atoms with van der Waals surface area (Å²) in [6.45, 7) is 7.26. The van der Waals surface area contributed by atoms with Gasteiger partial charge in [0.2, 0.25) is 5.91 Å². The van der Waals surface area contributed by atoms with E-state index < -0.39 is 0 Å². The highest BCUT2D eigenvalue weighted by atomic mass is 16.2. The summed E-state index contributed by atoms with van der Waals surface area (Å²) in [6.07, 6.45) is 1.04. The Balaban J connectivity index is 2.54. The summed E-state index contributed by atoms with van der Waals surface area (Å²) in [5.41, 5.74) is 8.34. The second-order valence-corrected chi connectivity index (χ2v) is 5.70. The molecular weight excluding hydrogens is 264 g/mol. The Hall–Kier alpha value is -1.59. The van der Waals surface area contributed by atoms with Gasteiger partial charge in [-0.05, 0) is 51.7 Å². The molecule has 1 amide bonds. The number of nitrogens with zero attached hydrogens (tertiary/aromatic N) is 2. The van der Waals surface area contributed by atoms with E-state index in [9.17, 15) is 4.79 Å². The second kappa shape index (κ2) is 8.64. The monoisotopic (exact) mass is 292 g/mol. The third-order valence-electron chi connectivity index (χ3n) is 3.33. The van der Waals surface area contributed by atoms with E-state index in [1.165, 1.54) is 0 Å². The van der Waals surface area contributed by atoms with Gasteiger partial charge in [-0.1, -0.05) is 13.0 Å². The second-order valence-electron chi connectivity index (χ2n) is 5.70. The normalized spacial score (nSPS) is 11.1. The van der Waals surface area contributed by atoms with Crippen molar-refractivity contribution in [3.63, 3.8) is 0 Å². The Labute approximate surface area is 128 Å². The van der Waals surface area contributed by atoms with Crippen molar-refractivity contribution in [1.82, 2.24) is 9.80 Å². The number of nitrogen functional groups attached to an aromatic ring is 1. The Morgan fingerprint density at radius 2 is 1.95 bits per heavy atom. The lowest BCUT2D eigenvalue weighted by Crippen LogP contribution is -2.38. The number of likely N-dealkylation sites (N-methyl/N-ethyl adjacent to an activating group) is 1. The third-order valence-corrected chi connectivity index (χ3v) is 3.33. The molecular formula is C16H28N4O. The van der Waals surface area contributed by atoms with Crippen molar-refractivity contribution >= 4 is 17.3 Å². The molecule has 0 fully saturated rings. The van der Waals surface area contributed by atoms with Crippen molar-refractivity contribution in [3.05, 3.63) is 23.8 Å². The summed E-state index contributed by atoms with van der Waals surface area (Å²) in [6, 6.07) is 5.60. The Morgan fingerprint density at radius 1 is 1.24 bits per heavy atom. The third kappa shape index (κ3) is 6.60. The first-order valence-electron chi connectivity index (χ1n) is 7.45. The number of carbonyl (C=O) groups is 1. The molecule has 0 aromatic heterocycles. The van der Waals surface area contributed by atoms with Crippen LogP contribution in [0.1, 0.15) is 18.9 Å². The van der Waals surface area contributed by atoms with Crippen LogP contribution in [0.3, 0.4) is 0 Å². The van der Waals surface area contributed by atoms with Gasteiger partial charge >= 0.3 is 0 Å². The van der Waals surface area contributed by atoms with Crippen LogP contribution >= 0.6 is 0 Å². The van der Waals surface area contributed by atoms with Crippen molar-refractivity contribution in [3.8, 4) is 0 Å². The summed E-state index contributed by atoms with van der Waals surface area (Å²) < 4.78 is 0. The molecule has 1 aromatic rings. The summed E-state index contributed by atoms with van der Waals surface area (Å²) in [7, 11) is 4.08. The number of aryl methyl sites for hydroxylation is 1. The summed E-state index contributed by atoms with van der Waals surface area (Å²) in [5, 5.41) is 2.91. The van der Waals surface area contributed by atoms with Gasteiger partial charge in [-0.15, -0.1) is 0 Å². The van der Waals surface area contributed by atoms with E-state index in [4.69, 9.17) is 5.73 Å². The average molecular weight is 292 g/mol. The van der Waals surface area contributed by atoms with E-state index in [2.05, 4.69) is 22.0 Å². The lowest BCUT2D eigenvalue weighted by atomic mass is 10.2. The maximum atomic E-state index is 12.1. The Bertz CT molecular complexity index is 460. The van der Waals surface area contributed by atoms with Crippen LogP contribution in [-0.2, 0) is 4.79 Å². The van der Waals surface area contributed by atoms with E-state index in [1.54, 1.807) is 6.07 Å². The minimum absolute atomic E-state index is 0.00505. The lowest BCUT2D eigenvalue weighted by molar-refractivity contribution is -0.117. The Morgan fingerprint density at radius 3 is 2.52 bits per heavy atom. The maximum Gasteiger partial charge on any atom is 0.238 e. The molecule has 0 aliphatic carbocycles. The van der Waals surface area contributed by atoms with Gasteiger partial charge in [0.1, 0.15) is 0 Å². The first kappa shape index (κ1) is 17.5. The zero-order valence-electron chi connectivity index (χ0n) is 13.6. The van der Waals surface area contributed by atoms with Gasteiger partial charge in [0.25, 0.3) is 0 Å². The number of anilines is 2. The lowest BCUT2D eigenvalue weighted by Gasteiger charge is -2.23. The number of rotatable bonds is 8. The molecule has 0 saturated carbocycles. The first-order chi connectivity index (χ1) is 9.92. The molecule has 0 atom stereocenters. The minimum Gasteiger partial charge on any atom is -0.398 e. The van der Waals surface area contributed by atoms with E-state index in [-0.39, 0.29) is 5.91 Å². The van der Waals surface area contributed by atoms with Crippen LogP contribution < -0.4 is 11.1 Å². The molecule has 21 heavy (non-hydrogen) atoms. The predicted octanol–water partition coefficient (Wildman–Crippen LogP) is 1.79. The molecule has 3 N–H and O–H groups in total. The molecule has 0 radical (unpaired) electrons. The van der Waals surface area contributed by atoms with Gasteiger partial charge in [-0.3, -0.25) is 9.69 Å². The zero-order valence-corrected chi connectivity index (χ0v) is 13.6. The van der Waals surface area contributed by atoms with Gasteiger partial charge in [-0.25, -0.2) is 0 Å². The topological polar surface area (TPSA) is 61.6 Å². The fourth-order valence-electron chi connectivity index (χ4n) is 2.05.